The van der Waals surface area contributed by atoms with Crippen molar-refractivity contribution in [3.05, 3.63) is 26.9 Å². The highest BCUT2D eigenvalue weighted by molar-refractivity contribution is 7.71. The molecule has 0 aromatic carbocycles. The first-order valence-electron chi connectivity index (χ1n) is 4.31. The maximum Gasteiger partial charge on any atom is 0.254 e. The van der Waals surface area contributed by atoms with E-state index in [1.165, 1.54) is 0 Å². The Bertz CT molecular complexity index is 372. The third-order valence-corrected chi connectivity index (χ3v) is 2.03. The van der Waals surface area contributed by atoms with Gasteiger partial charge in [0.1, 0.15) is 0 Å². The molecule has 3 nitrogen and oxygen atoms in total. The van der Waals surface area contributed by atoms with E-state index in [4.69, 9.17) is 12.2 Å². The van der Waals surface area contributed by atoms with Gasteiger partial charge in [-0.15, -0.1) is 0 Å². The minimum absolute atomic E-state index is 0.0186. The van der Waals surface area contributed by atoms with Crippen LogP contribution in [0.4, 0.5) is 0 Å². The summed E-state index contributed by atoms with van der Waals surface area (Å²) >= 11 is 5.05. The third-order valence-electron chi connectivity index (χ3n) is 1.70. The molecule has 13 heavy (non-hydrogen) atoms. The molecule has 72 valence electrons. The van der Waals surface area contributed by atoms with Gasteiger partial charge >= 0.3 is 0 Å². The molecule has 1 aromatic heterocycles. The molecular formula is C9H14N2OS. The van der Waals surface area contributed by atoms with Crippen LogP contribution in [-0.4, -0.2) is 9.55 Å². The van der Waals surface area contributed by atoms with E-state index in [1.54, 1.807) is 10.6 Å². The molecule has 0 saturated carbocycles. The van der Waals surface area contributed by atoms with Crippen LogP contribution in [0.5, 0.6) is 0 Å². The number of nitrogens with one attached hydrogen (secondary N) is 1. The molecule has 0 radical (unpaired) electrons. The van der Waals surface area contributed by atoms with Crippen LogP contribution in [0.25, 0.3) is 0 Å². The average Bonchev–Trinajstić information content (AvgIpc) is 1.96. The Kier molecular flexibility index (Phi) is 3.03. The number of nitrogens with zero attached hydrogens (tertiary/aromatic N) is 1. The van der Waals surface area contributed by atoms with Crippen LogP contribution >= 0.6 is 12.2 Å². The molecule has 0 bridgehead atoms. The van der Waals surface area contributed by atoms with Gasteiger partial charge in [0, 0.05) is 18.3 Å². The quantitative estimate of drug-likeness (QED) is 0.737. The molecular weight excluding hydrogens is 184 g/mol. The summed E-state index contributed by atoms with van der Waals surface area (Å²) in [6, 6.07) is 1.57. The number of aryl methyl sites for hydroxylation is 1. The molecule has 0 aliphatic rings. The summed E-state index contributed by atoms with van der Waals surface area (Å²) in [5.74, 6) is 0.426. The van der Waals surface area contributed by atoms with Gasteiger partial charge in [-0.05, 0) is 25.1 Å². The summed E-state index contributed by atoms with van der Waals surface area (Å²) in [4.78, 5) is 14.4. The van der Waals surface area contributed by atoms with Crippen molar-refractivity contribution in [1.29, 1.82) is 0 Å². The van der Waals surface area contributed by atoms with Gasteiger partial charge in [0.2, 0.25) is 0 Å². The fourth-order valence-electron chi connectivity index (χ4n) is 1.17. The number of aromatic nitrogens is 2. The zero-order valence-electron chi connectivity index (χ0n) is 8.13. The number of hydrogen-bond donors (Lipinski definition) is 1. The molecule has 0 fully saturated rings. The van der Waals surface area contributed by atoms with Crippen molar-refractivity contribution in [2.24, 2.45) is 5.92 Å². The van der Waals surface area contributed by atoms with E-state index in [9.17, 15) is 4.79 Å². The number of rotatable bonds is 2. The van der Waals surface area contributed by atoms with Crippen molar-refractivity contribution < 1.29 is 0 Å². The SMILES string of the molecule is Cc1cc(=O)n(CC(C)C)c(=S)[nH]1. The Balaban J connectivity index is 3.22. The zero-order valence-corrected chi connectivity index (χ0v) is 8.94. The van der Waals surface area contributed by atoms with Crippen molar-refractivity contribution in [3.63, 3.8) is 0 Å². The molecule has 1 N–H and O–H groups in total. The van der Waals surface area contributed by atoms with E-state index in [1.807, 2.05) is 6.92 Å². The van der Waals surface area contributed by atoms with Crippen LogP contribution in [0.15, 0.2) is 10.9 Å². The molecule has 0 unspecified atom stereocenters. The van der Waals surface area contributed by atoms with Crippen LogP contribution in [0, 0.1) is 17.6 Å². The summed E-state index contributed by atoms with van der Waals surface area (Å²) in [7, 11) is 0. The Morgan fingerprint density at radius 3 is 2.69 bits per heavy atom. The van der Waals surface area contributed by atoms with Crippen LogP contribution < -0.4 is 5.56 Å². The highest BCUT2D eigenvalue weighted by atomic mass is 32.1. The highest BCUT2D eigenvalue weighted by Crippen LogP contribution is 1.97. The number of aromatic amines is 1. The van der Waals surface area contributed by atoms with Gasteiger partial charge in [0.05, 0.1) is 0 Å². The average molecular weight is 198 g/mol. The minimum Gasteiger partial charge on any atom is -0.336 e. The normalized spacial score (nSPS) is 10.8. The second-order valence-electron chi connectivity index (χ2n) is 3.60. The van der Waals surface area contributed by atoms with E-state index < -0.39 is 0 Å². The summed E-state index contributed by atoms with van der Waals surface area (Å²) < 4.78 is 2.10. The lowest BCUT2D eigenvalue weighted by Crippen LogP contribution is -2.23. The number of H-pyrrole nitrogens is 1. The zero-order chi connectivity index (χ0) is 10.0. The lowest BCUT2D eigenvalue weighted by Gasteiger charge is -2.08. The molecule has 0 aliphatic heterocycles. The van der Waals surface area contributed by atoms with Crippen LogP contribution in [0.3, 0.4) is 0 Å². The number of hydrogen-bond acceptors (Lipinski definition) is 2. The molecule has 0 aliphatic carbocycles. The first kappa shape index (κ1) is 10.2. The molecule has 1 heterocycles. The molecule has 0 saturated heterocycles. The predicted octanol–water partition coefficient (Wildman–Crippen LogP) is 1.87. The van der Waals surface area contributed by atoms with Crippen molar-refractivity contribution in [2.45, 2.75) is 27.3 Å². The molecule has 4 heteroatoms. The van der Waals surface area contributed by atoms with Crippen molar-refractivity contribution in [3.8, 4) is 0 Å². The van der Waals surface area contributed by atoms with E-state index in [0.29, 0.717) is 17.2 Å². The van der Waals surface area contributed by atoms with Gasteiger partial charge in [-0.1, -0.05) is 13.8 Å². The van der Waals surface area contributed by atoms with Gasteiger partial charge in [0.25, 0.3) is 5.56 Å². The first-order valence-corrected chi connectivity index (χ1v) is 4.72. The molecule has 1 aromatic rings. The Labute approximate surface area is 82.4 Å². The van der Waals surface area contributed by atoms with E-state index in [-0.39, 0.29) is 5.56 Å². The van der Waals surface area contributed by atoms with Gasteiger partial charge in [-0.2, -0.15) is 0 Å². The van der Waals surface area contributed by atoms with Crippen LogP contribution in [0.2, 0.25) is 0 Å². The standard InChI is InChI=1S/C9H14N2OS/c1-6(2)5-11-8(12)4-7(3)10-9(11)13/h4,6H,5H2,1-3H3,(H,10,13). The monoisotopic (exact) mass is 198 g/mol. The van der Waals surface area contributed by atoms with Crippen molar-refractivity contribution >= 4 is 12.2 Å². The summed E-state index contributed by atoms with van der Waals surface area (Å²) in [5, 5.41) is 0. The first-order chi connectivity index (χ1) is 6.00. The topological polar surface area (TPSA) is 37.8 Å². The second kappa shape index (κ2) is 3.87. The van der Waals surface area contributed by atoms with E-state index >= 15 is 0 Å². The molecule has 0 spiro atoms. The van der Waals surface area contributed by atoms with Crippen LogP contribution in [-0.2, 0) is 6.54 Å². The Morgan fingerprint density at radius 1 is 1.62 bits per heavy atom. The molecule has 0 atom stereocenters. The fourth-order valence-corrected chi connectivity index (χ4v) is 1.50. The Hall–Kier alpha value is -0.900. The largest absolute Gasteiger partial charge is 0.336 e. The second-order valence-corrected chi connectivity index (χ2v) is 3.99. The van der Waals surface area contributed by atoms with Gasteiger partial charge < -0.3 is 4.98 Å². The lowest BCUT2D eigenvalue weighted by atomic mass is 10.2. The van der Waals surface area contributed by atoms with Gasteiger partial charge in [-0.25, -0.2) is 0 Å². The summed E-state index contributed by atoms with van der Waals surface area (Å²) in [5.41, 5.74) is 0.796. The maximum absolute atomic E-state index is 11.5. The smallest absolute Gasteiger partial charge is 0.254 e. The summed E-state index contributed by atoms with van der Waals surface area (Å²) in [6.07, 6.45) is 0. The van der Waals surface area contributed by atoms with Gasteiger partial charge in [-0.3, -0.25) is 9.36 Å². The van der Waals surface area contributed by atoms with Crippen molar-refractivity contribution in [2.75, 3.05) is 0 Å². The Morgan fingerprint density at radius 2 is 2.23 bits per heavy atom. The van der Waals surface area contributed by atoms with Crippen LogP contribution in [0.1, 0.15) is 19.5 Å². The maximum atomic E-state index is 11.5. The van der Waals surface area contributed by atoms with Gasteiger partial charge in [0.15, 0.2) is 4.77 Å². The fraction of sp³-hybridized carbons (Fsp3) is 0.556. The molecule has 1 rings (SSSR count). The minimum atomic E-state index is -0.0186. The lowest BCUT2D eigenvalue weighted by molar-refractivity contribution is 0.499. The molecule has 0 amide bonds. The highest BCUT2D eigenvalue weighted by Gasteiger charge is 2.01. The predicted molar refractivity (Wildman–Crippen MR) is 55.5 cm³/mol. The van der Waals surface area contributed by atoms with Crippen molar-refractivity contribution in [1.82, 2.24) is 9.55 Å². The van der Waals surface area contributed by atoms with E-state index in [2.05, 4.69) is 18.8 Å². The third kappa shape index (κ3) is 2.52. The van der Waals surface area contributed by atoms with E-state index in [0.717, 1.165) is 5.69 Å². The summed E-state index contributed by atoms with van der Waals surface area (Å²) in [6.45, 7) is 6.62.